The van der Waals surface area contributed by atoms with Crippen LogP contribution in [0.1, 0.15) is 30.5 Å². The van der Waals surface area contributed by atoms with Gasteiger partial charge in [0.05, 0.1) is 17.4 Å². The topological polar surface area (TPSA) is 57.5 Å². The molecule has 0 spiro atoms. The number of hydrazine groups is 2. The summed E-state index contributed by atoms with van der Waals surface area (Å²) in [7, 11) is 0. The van der Waals surface area contributed by atoms with E-state index >= 15 is 0 Å². The van der Waals surface area contributed by atoms with Gasteiger partial charge in [0, 0.05) is 12.2 Å². The number of benzene rings is 1. The van der Waals surface area contributed by atoms with Gasteiger partial charge in [0.15, 0.2) is 5.84 Å². The van der Waals surface area contributed by atoms with E-state index in [2.05, 4.69) is 67.2 Å². The van der Waals surface area contributed by atoms with Crippen LogP contribution < -0.4 is 11.1 Å². The summed E-state index contributed by atoms with van der Waals surface area (Å²) in [5.41, 5.74) is 10.3. The molecule has 0 bridgehead atoms. The fourth-order valence-electron chi connectivity index (χ4n) is 2.48. The van der Waals surface area contributed by atoms with Gasteiger partial charge >= 0.3 is 0 Å². The summed E-state index contributed by atoms with van der Waals surface area (Å²) in [6.45, 7) is 8.39. The quantitative estimate of drug-likeness (QED) is 0.903. The lowest BCUT2D eigenvalue weighted by Gasteiger charge is -2.22. The second-order valence-corrected chi connectivity index (χ2v) is 5.64. The summed E-state index contributed by atoms with van der Waals surface area (Å²) in [5, 5.41) is 10.7. The van der Waals surface area contributed by atoms with E-state index < -0.39 is 0 Å². The van der Waals surface area contributed by atoms with E-state index in [1.165, 1.54) is 11.1 Å². The third-order valence-corrected chi connectivity index (χ3v) is 3.39. The molecule has 0 unspecified atom stereocenters. The summed E-state index contributed by atoms with van der Waals surface area (Å²) in [5.74, 6) is 0.848. The molecule has 21 heavy (non-hydrogen) atoms. The van der Waals surface area contributed by atoms with Crippen molar-refractivity contribution in [3.8, 4) is 5.69 Å². The monoisotopic (exact) mass is 284 g/mol. The highest BCUT2D eigenvalue weighted by Gasteiger charge is 2.22. The number of rotatable bonds is 3. The van der Waals surface area contributed by atoms with Crippen LogP contribution in [0.3, 0.4) is 0 Å². The molecule has 0 radical (unpaired) electrons. The van der Waals surface area contributed by atoms with E-state index in [0.717, 1.165) is 17.1 Å². The average Bonchev–Trinajstić information content (AvgIpc) is 3.06. The van der Waals surface area contributed by atoms with E-state index in [0.29, 0.717) is 6.04 Å². The highest BCUT2D eigenvalue weighted by Crippen LogP contribution is 2.15. The number of hydrazone groups is 1. The summed E-state index contributed by atoms with van der Waals surface area (Å²) in [6, 6.07) is 6.69. The van der Waals surface area contributed by atoms with E-state index in [9.17, 15) is 0 Å². The van der Waals surface area contributed by atoms with Crippen molar-refractivity contribution in [2.45, 2.75) is 33.7 Å². The number of nitrogens with zero attached hydrogens (tertiary/aromatic N) is 4. The van der Waals surface area contributed by atoms with Crippen molar-refractivity contribution in [2.75, 3.05) is 0 Å². The van der Waals surface area contributed by atoms with E-state index in [1.807, 2.05) is 22.1 Å². The van der Waals surface area contributed by atoms with Gasteiger partial charge in [0.25, 0.3) is 0 Å². The fraction of sp³-hybridized carbons (Fsp3) is 0.333. The second kappa shape index (κ2) is 5.21. The SMILES string of the molecule is Cc1cc(C)cc(-n2cc(C3=NNNN3C(C)C)cn2)c1. The maximum Gasteiger partial charge on any atom is 0.176 e. The van der Waals surface area contributed by atoms with E-state index in [-0.39, 0.29) is 0 Å². The fourth-order valence-corrected chi connectivity index (χ4v) is 2.48. The Morgan fingerprint density at radius 3 is 2.48 bits per heavy atom. The normalized spacial score (nSPS) is 14.5. The number of hydrogen-bond acceptors (Lipinski definition) is 5. The lowest BCUT2D eigenvalue weighted by Crippen LogP contribution is -2.45. The molecule has 0 fully saturated rings. The van der Waals surface area contributed by atoms with Crippen LogP contribution in [0.5, 0.6) is 0 Å². The molecule has 1 aromatic heterocycles. The Kier molecular flexibility index (Phi) is 3.39. The molecule has 6 nitrogen and oxygen atoms in total. The number of hydrogen-bond donors (Lipinski definition) is 2. The Bertz CT molecular complexity index is 665. The maximum absolute atomic E-state index is 4.46. The molecule has 2 heterocycles. The summed E-state index contributed by atoms with van der Waals surface area (Å²) in [4.78, 5) is 0. The van der Waals surface area contributed by atoms with Gasteiger partial charge in [-0.3, -0.25) is 5.01 Å². The van der Waals surface area contributed by atoms with Crippen molar-refractivity contribution in [2.24, 2.45) is 5.10 Å². The lowest BCUT2D eigenvalue weighted by molar-refractivity contribution is 0.246. The largest absolute Gasteiger partial charge is 0.268 e. The second-order valence-electron chi connectivity index (χ2n) is 5.64. The molecule has 0 atom stereocenters. The highest BCUT2D eigenvalue weighted by atomic mass is 15.8. The zero-order chi connectivity index (χ0) is 15.0. The summed E-state index contributed by atoms with van der Waals surface area (Å²) in [6.07, 6.45) is 3.83. The standard InChI is InChI=1S/C15H20N6/c1-10(2)21-15(17-18-19-21)13-8-16-20(9-13)14-6-11(3)5-12(4)7-14/h5-10,18-19H,1-4H3. The van der Waals surface area contributed by atoms with Gasteiger partial charge in [-0.2, -0.15) is 5.10 Å². The average molecular weight is 284 g/mol. The smallest absolute Gasteiger partial charge is 0.176 e. The number of nitrogens with one attached hydrogen (secondary N) is 2. The van der Waals surface area contributed by atoms with Crippen LogP contribution in [0.2, 0.25) is 0 Å². The number of amidine groups is 1. The van der Waals surface area contributed by atoms with Gasteiger partial charge in [0.1, 0.15) is 0 Å². The molecule has 0 saturated heterocycles. The minimum atomic E-state index is 0.295. The molecule has 0 aliphatic carbocycles. The molecule has 0 saturated carbocycles. The first-order chi connectivity index (χ1) is 10.0. The first-order valence-electron chi connectivity index (χ1n) is 7.06. The Hall–Kier alpha value is -2.34. The first-order valence-corrected chi connectivity index (χ1v) is 7.06. The van der Waals surface area contributed by atoms with Crippen molar-refractivity contribution in [1.82, 2.24) is 25.9 Å². The van der Waals surface area contributed by atoms with Gasteiger partial charge in [-0.1, -0.05) is 6.07 Å². The lowest BCUT2D eigenvalue weighted by atomic mass is 10.1. The predicted molar refractivity (Wildman–Crippen MR) is 82.8 cm³/mol. The molecule has 1 aliphatic heterocycles. The molecular weight excluding hydrogens is 264 g/mol. The van der Waals surface area contributed by atoms with E-state index in [4.69, 9.17) is 0 Å². The summed E-state index contributed by atoms with van der Waals surface area (Å²) >= 11 is 0. The molecule has 110 valence electrons. The van der Waals surface area contributed by atoms with E-state index in [1.54, 1.807) is 0 Å². The van der Waals surface area contributed by atoms with Crippen molar-refractivity contribution >= 4 is 5.84 Å². The van der Waals surface area contributed by atoms with Crippen molar-refractivity contribution in [3.63, 3.8) is 0 Å². The third kappa shape index (κ3) is 2.62. The molecule has 1 aliphatic rings. The highest BCUT2D eigenvalue weighted by molar-refractivity contribution is 5.98. The van der Waals surface area contributed by atoms with Crippen molar-refractivity contribution in [3.05, 3.63) is 47.3 Å². The minimum Gasteiger partial charge on any atom is -0.268 e. The van der Waals surface area contributed by atoms with Crippen LogP contribution >= 0.6 is 0 Å². The zero-order valence-electron chi connectivity index (χ0n) is 12.8. The van der Waals surface area contributed by atoms with Gasteiger partial charge < -0.3 is 0 Å². The van der Waals surface area contributed by atoms with Crippen molar-refractivity contribution < 1.29 is 0 Å². The van der Waals surface area contributed by atoms with Crippen LogP contribution in [0, 0.1) is 13.8 Å². The Balaban J connectivity index is 1.93. The summed E-state index contributed by atoms with van der Waals surface area (Å²) < 4.78 is 1.88. The molecular formula is C15H20N6. The molecule has 6 heteroatoms. The molecule has 2 N–H and O–H groups in total. The van der Waals surface area contributed by atoms with Crippen LogP contribution in [-0.2, 0) is 0 Å². The zero-order valence-corrected chi connectivity index (χ0v) is 12.8. The third-order valence-electron chi connectivity index (χ3n) is 3.39. The maximum atomic E-state index is 4.46. The van der Waals surface area contributed by atoms with Gasteiger partial charge in [0.2, 0.25) is 0 Å². The predicted octanol–water partition coefficient (Wildman–Crippen LogP) is 1.88. The molecule has 1 aromatic carbocycles. The molecule has 0 amide bonds. The molecule has 3 rings (SSSR count). The first kappa shape index (κ1) is 13.6. The molecule has 2 aromatic rings. The Morgan fingerprint density at radius 2 is 1.81 bits per heavy atom. The van der Waals surface area contributed by atoms with Crippen molar-refractivity contribution in [1.29, 1.82) is 0 Å². The van der Waals surface area contributed by atoms with Gasteiger partial charge in [-0.05, 0) is 51.0 Å². The minimum absolute atomic E-state index is 0.295. The van der Waals surface area contributed by atoms with Crippen LogP contribution in [-0.4, -0.2) is 26.7 Å². The Labute approximate surface area is 124 Å². The Morgan fingerprint density at radius 1 is 1.10 bits per heavy atom. The van der Waals surface area contributed by atoms with Gasteiger partial charge in [-0.15, -0.1) is 10.6 Å². The van der Waals surface area contributed by atoms with Gasteiger partial charge in [-0.25, -0.2) is 10.2 Å². The van der Waals surface area contributed by atoms with Crippen LogP contribution in [0.4, 0.5) is 0 Å². The van der Waals surface area contributed by atoms with Crippen LogP contribution in [0.15, 0.2) is 35.7 Å². The number of aryl methyl sites for hydroxylation is 2. The van der Waals surface area contributed by atoms with Crippen LogP contribution in [0.25, 0.3) is 5.69 Å². The number of aromatic nitrogens is 2.